The molecule has 0 spiro atoms. The molecule has 0 saturated heterocycles. The van der Waals surface area contributed by atoms with Crippen LogP contribution in [0.5, 0.6) is 0 Å². The van der Waals surface area contributed by atoms with Gasteiger partial charge in [-0.3, -0.25) is 4.98 Å². The number of hydrogen-bond donors (Lipinski definition) is 1. The van der Waals surface area contributed by atoms with Gasteiger partial charge in [-0.2, -0.15) is 0 Å². The van der Waals surface area contributed by atoms with Gasteiger partial charge in [0, 0.05) is 18.3 Å². The maximum absolute atomic E-state index is 10.1. The van der Waals surface area contributed by atoms with Gasteiger partial charge in [-0.15, -0.1) is 11.3 Å². The van der Waals surface area contributed by atoms with Gasteiger partial charge in [0.25, 0.3) is 0 Å². The minimum absolute atomic E-state index is 0.449. The number of pyridine rings is 1. The zero-order valence-corrected chi connectivity index (χ0v) is 12.5. The molecule has 0 aliphatic carbocycles. The van der Waals surface area contributed by atoms with E-state index >= 15 is 0 Å². The summed E-state index contributed by atoms with van der Waals surface area (Å²) in [5, 5.41) is 12.1. The molecule has 2 aromatic heterocycles. The van der Waals surface area contributed by atoms with E-state index in [9.17, 15) is 5.11 Å². The fourth-order valence-corrected chi connectivity index (χ4v) is 3.02. The second-order valence-corrected chi connectivity index (χ2v) is 6.72. The molecule has 0 radical (unpaired) electrons. The van der Waals surface area contributed by atoms with Crippen molar-refractivity contribution in [2.45, 2.75) is 25.9 Å². The van der Waals surface area contributed by atoms with Crippen LogP contribution in [0, 0.1) is 2.88 Å². The summed E-state index contributed by atoms with van der Waals surface area (Å²) in [6.45, 7) is 2.11. The molecule has 1 N–H and O–H groups in total. The zero-order chi connectivity index (χ0) is 12.3. The maximum atomic E-state index is 10.1. The Labute approximate surface area is 119 Å². The smallest absolute Gasteiger partial charge is 0.0853 e. The molecule has 0 aliphatic heterocycles. The van der Waals surface area contributed by atoms with Gasteiger partial charge in [-0.1, -0.05) is 13.0 Å². The fourth-order valence-electron chi connectivity index (χ4n) is 1.60. The quantitative estimate of drug-likeness (QED) is 0.847. The summed E-state index contributed by atoms with van der Waals surface area (Å²) in [7, 11) is 0. The highest BCUT2D eigenvalue weighted by atomic mass is 127. The van der Waals surface area contributed by atoms with Crippen molar-refractivity contribution in [1.82, 2.24) is 4.98 Å². The zero-order valence-electron chi connectivity index (χ0n) is 9.56. The van der Waals surface area contributed by atoms with E-state index in [1.165, 1.54) is 8.45 Å². The lowest BCUT2D eigenvalue weighted by Crippen LogP contribution is -2.02. The van der Waals surface area contributed by atoms with Gasteiger partial charge in [0.05, 0.1) is 8.99 Å². The summed E-state index contributed by atoms with van der Waals surface area (Å²) in [6, 6.07) is 6.10. The average molecular weight is 359 g/mol. The van der Waals surface area contributed by atoms with E-state index in [4.69, 9.17) is 0 Å². The van der Waals surface area contributed by atoms with E-state index in [0.717, 1.165) is 17.7 Å². The second-order valence-electron chi connectivity index (χ2n) is 3.92. The Kier molecular flexibility index (Phi) is 4.53. The van der Waals surface area contributed by atoms with Gasteiger partial charge in [0.2, 0.25) is 0 Å². The van der Waals surface area contributed by atoms with Crippen LogP contribution < -0.4 is 0 Å². The van der Waals surface area contributed by atoms with E-state index in [1.54, 1.807) is 11.3 Å². The van der Waals surface area contributed by atoms with Crippen LogP contribution in [0.2, 0.25) is 0 Å². The van der Waals surface area contributed by atoms with Crippen LogP contribution in [0.4, 0.5) is 0 Å². The predicted molar refractivity (Wildman–Crippen MR) is 79.3 cm³/mol. The number of aliphatic hydroxyl groups excluding tert-OH is 1. The molecule has 0 bridgehead atoms. The molecule has 0 saturated carbocycles. The first-order valence-corrected chi connectivity index (χ1v) is 7.50. The summed E-state index contributed by atoms with van der Waals surface area (Å²) in [4.78, 5) is 4.36. The normalized spacial score (nSPS) is 12.6. The van der Waals surface area contributed by atoms with Crippen molar-refractivity contribution in [2.75, 3.05) is 0 Å². The van der Waals surface area contributed by atoms with Gasteiger partial charge in [-0.05, 0) is 57.7 Å². The van der Waals surface area contributed by atoms with Gasteiger partial charge < -0.3 is 5.11 Å². The highest BCUT2D eigenvalue weighted by molar-refractivity contribution is 14.1. The predicted octanol–water partition coefficient (Wildman–Crippen LogP) is 3.59. The van der Waals surface area contributed by atoms with Gasteiger partial charge in [0.15, 0.2) is 0 Å². The molecule has 2 heterocycles. The van der Waals surface area contributed by atoms with Crippen LogP contribution in [0.1, 0.15) is 29.8 Å². The van der Waals surface area contributed by atoms with E-state index in [0.29, 0.717) is 6.42 Å². The third kappa shape index (κ3) is 3.50. The van der Waals surface area contributed by atoms with Gasteiger partial charge >= 0.3 is 0 Å². The first-order chi connectivity index (χ1) is 8.19. The molecule has 0 aromatic carbocycles. The number of halogens is 1. The molecule has 0 aliphatic rings. The molecule has 17 heavy (non-hydrogen) atoms. The Bertz CT molecular complexity index is 480. The lowest BCUT2D eigenvalue weighted by molar-refractivity contribution is 0.177. The van der Waals surface area contributed by atoms with Crippen LogP contribution >= 0.6 is 33.9 Å². The number of aliphatic hydroxyl groups is 1. The van der Waals surface area contributed by atoms with Crippen molar-refractivity contribution in [1.29, 1.82) is 0 Å². The molecule has 2 nitrogen and oxygen atoms in total. The Hall–Kier alpha value is -0.460. The lowest BCUT2D eigenvalue weighted by atomic mass is 10.1. The molecule has 0 amide bonds. The van der Waals surface area contributed by atoms with Crippen molar-refractivity contribution in [2.24, 2.45) is 0 Å². The van der Waals surface area contributed by atoms with Gasteiger partial charge in [0.1, 0.15) is 0 Å². The van der Waals surface area contributed by atoms with Crippen LogP contribution in [0.25, 0.3) is 0 Å². The Morgan fingerprint density at radius 3 is 2.82 bits per heavy atom. The monoisotopic (exact) mass is 359 g/mol. The SMILES string of the molecule is CCc1ccc(CC(O)c2csc(I)c2)nc1. The number of nitrogens with zero attached hydrogens (tertiary/aromatic N) is 1. The highest BCUT2D eigenvalue weighted by Crippen LogP contribution is 2.24. The van der Waals surface area contributed by atoms with Gasteiger partial charge in [-0.25, -0.2) is 0 Å². The fraction of sp³-hybridized carbons (Fsp3) is 0.308. The number of thiophene rings is 1. The van der Waals surface area contributed by atoms with Crippen LogP contribution in [-0.4, -0.2) is 10.1 Å². The minimum Gasteiger partial charge on any atom is -0.388 e. The van der Waals surface area contributed by atoms with Crippen molar-refractivity contribution < 1.29 is 5.11 Å². The third-order valence-corrected chi connectivity index (χ3v) is 4.48. The van der Waals surface area contributed by atoms with E-state index in [-0.39, 0.29) is 0 Å². The Morgan fingerprint density at radius 2 is 2.29 bits per heavy atom. The second kappa shape index (κ2) is 5.93. The van der Waals surface area contributed by atoms with Crippen LogP contribution in [-0.2, 0) is 12.8 Å². The minimum atomic E-state index is -0.449. The van der Waals surface area contributed by atoms with Crippen molar-refractivity contribution in [3.05, 3.63) is 49.5 Å². The van der Waals surface area contributed by atoms with Crippen LogP contribution in [0.3, 0.4) is 0 Å². The number of hydrogen-bond acceptors (Lipinski definition) is 3. The highest BCUT2D eigenvalue weighted by Gasteiger charge is 2.11. The number of aryl methyl sites for hydroxylation is 1. The Balaban J connectivity index is 2.04. The third-order valence-electron chi connectivity index (χ3n) is 2.67. The van der Waals surface area contributed by atoms with Crippen molar-refractivity contribution in [3.8, 4) is 0 Å². The summed E-state index contributed by atoms with van der Waals surface area (Å²) in [6.07, 6.45) is 3.02. The van der Waals surface area contributed by atoms with Crippen molar-refractivity contribution in [3.63, 3.8) is 0 Å². The first-order valence-electron chi connectivity index (χ1n) is 5.55. The topological polar surface area (TPSA) is 33.1 Å². The van der Waals surface area contributed by atoms with Crippen LogP contribution in [0.15, 0.2) is 29.8 Å². The molecular formula is C13H14INOS. The van der Waals surface area contributed by atoms with E-state index in [1.807, 2.05) is 23.7 Å². The molecule has 90 valence electrons. The molecule has 0 fully saturated rings. The molecule has 1 unspecified atom stereocenters. The largest absolute Gasteiger partial charge is 0.388 e. The molecule has 1 atom stereocenters. The number of rotatable bonds is 4. The maximum Gasteiger partial charge on any atom is 0.0853 e. The summed E-state index contributed by atoms with van der Waals surface area (Å²) < 4.78 is 1.20. The average Bonchev–Trinajstić information content (AvgIpc) is 2.77. The van der Waals surface area contributed by atoms with E-state index < -0.39 is 6.10 Å². The van der Waals surface area contributed by atoms with Crippen molar-refractivity contribution >= 4 is 33.9 Å². The Morgan fingerprint density at radius 1 is 1.47 bits per heavy atom. The summed E-state index contributed by atoms with van der Waals surface area (Å²) in [5.74, 6) is 0. The standard InChI is InChI=1S/C13H14INOS/c1-2-9-3-4-11(15-7-9)6-12(16)10-5-13(14)17-8-10/h3-5,7-8,12,16H,2,6H2,1H3. The summed E-state index contributed by atoms with van der Waals surface area (Å²) >= 11 is 3.92. The molecule has 2 rings (SSSR count). The molecular weight excluding hydrogens is 345 g/mol. The lowest BCUT2D eigenvalue weighted by Gasteiger charge is -2.08. The molecule has 4 heteroatoms. The number of aromatic nitrogens is 1. The van der Waals surface area contributed by atoms with E-state index in [2.05, 4.69) is 40.6 Å². The summed E-state index contributed by atoms with van der Waals surface area (Å²) in [5.41, 5.74) is 3.16. The molecule has 2 aromatic rings. The first kappa shape index (κ1) is 13.0.